The number of ketones is 1. The van der Waals surface area contributed by atoms with Gasteiger partial charge < -0.3 is 15.0 Å². The first kappa shape index (κ1) is 28.7. The number of nitrogens with one attached hydrogen (secondary N) is 1. The Labute approximate surface area is 244 Å². The third kappa shape index (κ3) is 5.96. The second-order valence-corrected chi connectivity index (χ2v) is 12.3. The van der Waals surface area contributed by atoms with Crippen LogP contribution in [-0.4, -0.2) is 67.6 Å². The summed E-state index contributed by atoms with van der Waals surface area (Å²) < 4.78 is 5.39. The van der Waals surface area contributed by atoms with Crippen molar-refractivity contribution in [3.8, 4) is 0 Å². The zero-order valence-corrected chi connectivity index (χ0v) is 24.5. The number of hydrogen-bond donors (Lipinski definition) is 1. The molecule has 8 nitrogen and oxygen atoms in total. The molecule has 2 heterocycles. The molecule has 212 valence electrons. The number of morpholine rings is 1. The normalized spacial score (nSPS) is 22.6. The number of anilines is 1. The molecule has 1 N–H and O–H groups in total. The fourth-order valence-corrected chi connectivity index (χ4v) is 6.51. The summed E-state index contributed by atoms with van der Waals surface area (Å²) in [6, 6.07) is 9.56. The summed E-state index contributed by atoms with van der Waals surface area (Å²) in [5.74, 6) is -1.14. The molecule has 5 rings (SSSR count). The molecule has 2 fully saturated rings. The van der Waals surface area contributed by atoms with Crippen LogP contribution in [0.2, 0.25) is 10.0 Å². The third-order valence-electron chi connectivity index (χ3n) is 7.81. The van der Waals surface area contributed by atoms with Gasteiger partial charge in [0.2, 0.25) is 5.91 Å². The smallest absolute Gasteiger partial charge is 0.251 e. The Hall–Kier alpha value is -2.78. The maximum absolute atomic E-state index is 13.7. The number of fused-ring (bicyclic) bond motifs is 2. The van der Waals surface area contributed by atoms with Gasteiger partial charge in [-0.3, -0.25) is 24.3 Å². The fraction of sp³-hybridized carbons (Fsp3) is 0.467. The number of carbonyl (C=O) groups is 3. The second kappa shape index (κ2) is 11.6. The third-order valence-corrected chi connectivity index (χ3v) is 8.37. The maximum Gasteiger partial charge on any atom is 0.251 e. The number of amides is 2. The topological polar surface area (TPSA) is 91.3 Å². The molecule has 0 radical (unpaired) electrons. The molecule has 2 amide bonds. The zero-order chi connectivity index (χ0) is 28.6. The number of nitrogens with zero attached hydrogens (tertiary/aromatic N) is 3. The van der Waals surface area contributed by atoms with Gasteiger partial charge >= 0.3 is 0 Å². The van der Waals surface area contributed by atoms with Crippen molar-refractivity contribution < 1.29 is 19.1 Å². The molecule has 2 aromatic carbocycles. The summed E-state index contributed by atoms with van der Waals surface area (Å²) in [4.78, 5) is 49.0. The summed E-state index contributed by atoms with van der Waals surface area (Å²) >= 11 is 12.9. The first-order valence-electron chi connectivity index (χ1n) is 13.6. The van der Waals surface area contributed by atoms with E-state index in [1.807, 2.05) is 13.8 Å². The number of carbonyl (C=O) groups excluding carboxylic acids is 3. The van der Waals surface area contributed by atoms with E-state index in [4.69, 9.17) is 32.9 Å². The average Bonchev–Trinajstić information content (AvgIpc) is 3.02. The molecule has 2 aliphatic heterocycles. The Balaban J connectivity index is 1.54. The Kier molecular flexibility index (Phi) is 8.34. The van der Waals surface area contributed by atoms with Crippen LogP contribution in [0.3, 0.4) is 0 Å². The van der Waals surface area contributed by atoms with Gasteiger partial charge in [0.25, 0.3) is 5.91 Å². The van der Waals surface area contributed by atoms with Gasteiger partial charge in [0.05, 0.1) is 36.5 Å². The van der Waals surface area contributed by atoms with E-state index in [2.05, 4.69) is 10.2 Å². The monoisotopic (exact) mass is 584 g/mol. The predicted octanol–water partition coefficient (Wildman–Crippen LogP) is 5.24. The molecule has 2 atom stereocenters. The highest BCUT2D eigenvalue weighted by Gasteiger charge is 2.48. The van der Waals surface area contributed by atoms with Crippen LogP contribution >= 0.6 is 23.2 Å². The Bertz CT molecular complexity index is 1370. The van der Waals surface area contributed by atoms with Crippen LogP contribution in [0.1, 0.15) is 55.6 Å². The van der Waals surface area contributed by atoms with Gasteiger partial charge in [-0.25, -0.2) is 0 Å². The summed E-state index contributed by atoms with van der Waals surface area (Å²) in [7, 11) is 0. The van der Waals surface area contributed by atoms with Gasteiger partial charge in [-0.05, 0) is 47.7 Å². The van der Waals surface area contributed by atoms with Crippen molar-refractivity contribution in [1.82, 2.24) is 10.2 Å². The first-order valence-corrected chi connectivity index (χ1v) is 14.4. The second-order valence-electron chi connectivity index (χ2n) is 11.5. The number of rotatable bonds is 5. The quantitative estimate of drug-likeness (QED) is 0.519. The molecule has 2 unspecified atom stereocenters. The van der Waals surface area contributed by atoms with E-state index in [0.29, 0.717) is 70.9 Å². The van der Waals surface area contributed by atoms with Crippen molar-refractivity contribution >= 4 is 57.9 Å². The van der Waals surface area contributed by atoms with Crippen LogP contribution in [0.4, 0.5) is 11.4 Å². The number of ether oxygens (including phenoxy) is 1. The molecule has 1 aliphatic carbocycles. The Morgan fingerprint density at radius 1 is 1.10 bits per heavy atom. The molecular formula is C30H34Cl2N4O4. The van der Waals surface area contributed by atoms with Crippen LogP contribution in [-0.2, 0) is 14.3 Å². The zero-order valence-electron chi connectivity index (χ0n) is 23.0. The van der Waals surface area contributed by atoms with Crippen LogP contribution < -0.4 is 10.2 Å². The minimum Gasteiger partial charge on any atom is -0.379 e. The summed E-state index contributed by atoms with van der Waals surface area (Å²) in [5, 5.41) is 3.83. The summed E-state index contributed by atoms with van der Waals surface area (Å²) in [6.45, 7) is 9.90. The fourth-order valence-electron chi connectivity index (χ4n) is 5.99. The molecule has 2 aromatic rings. The maximum atomic E-state index is 13.7. The molecule has 0 aromatic heterocycles. The highest BCUT2D eigenvalue weighted by Crippen LogP contribution is 2.49. The molecule has 40 heavy (non-hydrogen) atoms. The number of halogens is 2. The predicted molar refractivity (Wildman–Crippen MR) is 157 cm³/mol. The van der Waals surface area contributed by atoms with Crippen molar-refractivity contribution in [3.05, 3.63) is 57.6 Å². The van der Waals surface area contributed by atoms with Gasteiger partial charge in [0.1, 0.15) is 5.78 Å². The van der Waals surface area contributed by atoms with Crippen LogP contribution in [0.5, 0.6) is 0 Å². The summed E-state index contributed by atoms with van der Waals surface area (Å²) in [6.07, 6.45) is 0.934. The molecule has 0 spiro atoms. The van der Waals surface area contributed by atoms with E-state index in [-0.39, 0.29) is 23.0 Å². The summed E-state index contributed by atoms with van der Waals surface area (Å²) in [5.41, 5.74) is 2.47. The van der Waals surface area contributed by atoms with Crippen molar-refractivity contribution in [2.24, 2.45) is 16.3 Å². The van der Waals surface area contributed by atoms with Crippen molar-refractivity contribution in [2.75, 3.05) is 44.3 Å². The molecular weight excluding hydrogens is 551 g/mol. The van der Waals surface area contributed by atoms with Crippen LogP contribution in [0.15, 0.2) is 41.4 Å². The molecule has 0 bridgehead atoms. The first-order chi connectivity index (χ1) is 19.0. The Morgan fingerprint density at radius 2 is 1.85 bits per heavy atom. The van der Waals surface area contributed by atoms with Crippen LogP contribution in [0, 0.1) is 11.3 Å². The lowest BCUT2D eigenvalue weighted by atomic mass is 9.68. The molecule has 1 saturated carbocycles. The van der Waals surface area contributed by atoms with Crippen LogP contribution in [0.25, 0.3) is 0 Å². The number of Topliss-reactive ketones (excluding diaryl/α,β-unsaturated/α-hetero) is 1. The highest BCUT2D eigenvalue weighted by molar-refractivity contribution is 6.35. The number of hydrogen-bond acceptors (Lipinski definition) is 6. The lowest BCUT2D eigenvalue weighted by molar-refractivity contribution is -0.124. The van der Waals surface area contributed by atoms with Gasteiger partial charge in [-0.15, -0.1) is 0 Å². The Morgan fingerprint density at radius 3 is 2.55 bits per heavy atom. The standard InChI is InChI=1S/C30H34Cl2N4O4/c1-18(37)36-25-7-4-19(29(39)33-8-9-35-10-12-40-13-11-35)14-23(25)34-24-16-30(2,3)17-26(38)27(24)28(36)21-6-5-20(31)15-22(21)32/h4-7,14-15,27-28H,8-13,16-17H2,1-3H3,(H,33,39). The van der Waals surface area contributed by atoms with E-state index in [9.17, 15) is 14.4 Å². The van der Waals surface area contributed by atoms with E-state index in [1.165, 1.54) is 6.92 Å². The lowest BCUT2D eigenvalue weighted by Crippen LogP contribution is -2.47. The number of benzene rings is 2. The molecule has 10 heteroatoms. The van der Waals surface area contributed by atoms with E-state index < -0.39 is 12.0 Å². The highest BCUT2D eigenvalue weighted by atomic mass is 35.5. The largest absolute Gasteiger partial charge is 0.379 e. The van der Waals surface area contributed by atoms with Gasteiger partial charge in [-0.1, -0.05) is 43.1 Å². The van der Waals surface area contributed by atoms with Gasteiger partial charge in [0.15, 0.2) is 0 Å². The lowest BCUT2D eigenvalue weighted by Gasteiger charge is -2.41. The average molecular weight is 586 g/mol. The molecule has 1 saturated heterocycles. The van der Waals surface area contributed by atoms with Crippen molar-refractivity contribution in [3.63, 3.8) is 0 Å². The van der Waals surface area contributed by atoms with E-state index >= 15 is 0 Å². The van der Waals surface area contributed by atoms with Crippen molar-refractivity contribution in [2.45, 2.75) is 39.7 Å². The minimum atomic E-state index is -0.695. The van der Waals surface area contributed by atoms with Crippen molar-refractivity contribution in [1.29, 1.82) is 0 Å². The van der Waals surface area contributed by atoms with Gasteiger partial charge in [-0.2, -0.15) is 0 Å². The minimum absolute atomic E-state index is 0.00570. The van der Waals surface area contributed by atoms with Gasteiger partial charge in [0, 0.05) is 60.8 Å². The number of aliphatic imine (C=N–C) groups is 1. The van der Waals surface area contributed by atoms with E-state index in [1.54, 1.807) is 41.3 Å². The SMILES string of the molecule is CC(=O)N1c2ccc(C(=O)NCCN3CCOCC3)cc2N=C2CC(C)(C)CC(=O)C2C1c1ccc(Cl)cc1Cl. The molecule has 3 aliphatic rings. The van der Waals surface area contributed by atoms with E-state index in [0.717, 1.165) is 19.6 Å².